The largest absolute Gasteiger partial charge is 0.508 e. The number of hydrogen-bond acceptors (Lipinski definition) is 8. The number of fused-ring (bicyclic) bond motifs is 1. The maximum atomic E-state index is 13.4. The summed E-state index contributed by atoms with van der Waals surface area (Å²) in [6.07, 6.45) is -1.90. The number of ether oxygens (including phenoxy) is 4. The Hall–Kier alpha value is -3.50. The molecule has 0 radical (unpaired) electrons. The molecular weight excluding hydrogens is 483 g/mol. The molecule has 1 saturated heterocycles. The van der Waals surface area contributed by atoms with E-state index in [1.807, 2.05) is 0 Å². The molecule has 2 aromatic carbocycles. The highest BCUT2D eigenvalue weighted by Crippen LogP contribution is 2.42. The Balaban J connectivity index is 1.56. The third-order valence-corrected chi connectivity index (χ3v) is 6.46. The van der Waals surface area contributed by atoms with Gasteiger partial charge in [-0.15, -0.1) is 0 Å². The van der Waals surface area contributed by atoms with Crippen molar-refractivity contribution in [3.8, 4) is 5.75 Å². The van der Waals surface area contributed by atoms with Gasteiger partial charge in [-0.25, -0.2) is 9.18 Å². The van der Waals surface area contributed by atoms with E-state index in [-0.39, 0.29) is 18.0 Å². The molecule has 2 atom stereocenters. The van der Waals surface area contributed by atoms with Gasteiger partial charge in [0.1, 0.15) is 23.8 Å². The third-order valence-electron chi connectivity index (χ3n) is 6.46. The minimum Gasteiger partial charge on any atom is -0.484 e. The van der Waals surface area contributed by atoms with Crippen LogP contribution in [0.4, 0.5) is 9.18 Å². The van der Waals surface area contributed by atoms with Gasteiger partial charge in [0.15, 0.2) is 11.9 Å². The van der Waals surface area contributed by atoms with E-state index in [9.17, 15) is 18.8 Å². The van der Waals surface area contributed by atoms with E-state index in [0.717, 1.165) is 13.1 Å². The second kappa shape index (κ2) is 11.3. The van der Waals surface area contributed by atoms with E-state index in [1.54, 1.807) is 32.0 Å². The van der Waals surface area contributed by atoms with Gasteiger partial charge in [-0.2, -0.15) is 0 Å². The van der Waals surface area contributed by atoms with Crippen LogP contribution in [0, 0.1) is 5.82 Å². The van der Waals surface area contributed by atoms with Gasteiger partial charge >= 0.3 is 6.16 Å². The summed E-state index contributed by atoms with van der Waals surface area (Å²) in [6.45, 7) is 8.35. The van der Waals surface area contributed by atoms with Crippen LogP contribution in [-0.2, 0) is 14.2 Å². The van der Waals surface area contributed by atoms with Gasteiger partial charge < -0.3 is 24.3 Å². The molecule has 2 aliphatic rings. The SMILES string of the molecule is CC(=O)c1ccc2c(c1)[C@H](NC(=O)c1ccc(F)cc1)[C@@H](OC(=O)OCCN1CCOCC1)C(C)(C)O2. The Morgan fingerprint density at radius 1 is 1.08 bits per heavy atom. The van der Waals surface area contributed by atoms with Crippen LogP contribution in [0.15, 0.2) is 42.5 Å². The van der Waals surface area contributed by atoms with Gasteiger partial charge in [0.2, 0.25) is 0 Å². The van der Waals surface area contributed by atoms with Crippen molar-refractivity contribution < 1.29 is 37.7 Å². The zero-order chi connectivity index (χ0) is 26.6. The highest BCUT2D eigenvalue weighted by Gasteiger charge is 2.48. The molecule has 37 heavy (non-hydrogen) atoms. The van der Waals surface area contributed by atoms with Crippen LogP contribution < -0.4 is 10.1 Å². The molecule has 0 unspecified atom stereocenters. The average molecular weight is 515 g/mol. The zero-order valence-electron chi connectivity index (χ0n) is 21.1. The number of morpholine rings is 1. The summed E-state index contributed by atoms with van der Waals surface area (Å²) < 4.78 is 35.9. The summed E-state index contributed by atoms with van der Waals surface area (Å²) in [5.74, 6) is -0.700. The second-order valence-electron chi connectivity index (χ2n) is 9.56. The molecule has 0 saturated carbocycles. The molecule has 1 fully saturated rings. The smallest absolute Gasteiger partial charge is 0.484 e. The van der Waals surface area contributed by atoms with Crippen LogP contribution in [0.1, 0.15) is 53.1 Å². The summed E-state index contributed by atoms with van der Waals surface area (Å²) in [6, 6.07) is 9.12. The molecular formula is C27H31FN2O7. The fourth-order valence-electron chi connectivity index (χ4n) is 4.42. The van der Waals surface area contributed by atoms with Crippen LogP contribution >= 0.6 is 0 Å². The standard InChI is InChI=1S/C27H31FN2O7/c1-17(31)19-6-9-22-21(16-19)23(29-25(32)18-4-7-20(28)8-5-18)24(27(2,3)37-22)36-26(33)35-15-12-30-10-13-34-14-11-30/h4-9,16,23-24H,10-15H2,1-3H3,(H,29,32)/t23-,24+/m0/s1. The van der Waals surface area contributed by atoms with Gasteiger partial charge in [-0.3, -0.25) is 14.5 Å². The van der Waals surface area contributed by atoms with Crippen LogP contribution in [-0.4, -0.2) is 73.9 Å². The van der Waals surface area contributed by atoms with Gasteiger partial charge in [-0.05, 0) is 63.2 Å². The Labute approximate surface area is 214 Å². The van der Waals surface area contributed by atoms with Crippen molar-refractivity contribution in [3.63, 3.8) is 0 Å². The fraction of sp³-hybridized carbons (Fsp3) is 0.444. The van der Waals surface area contributed by atoms with E-state index >= 15 is 0 Å². The maximum absolute atomic E-state index is 13.4. The minimum absolute atomic E-state index is 0.129. The Kier molecular flexibility index (Phi) is 8.09. The molecule has 1 N–H and O–H groups in total. The number of halogens is 1. The van der Waals surface area contributed by atoms with Crippen LogP contribution in [0.5, 0.6) is 5.75 Å². The Morgan fingerprint density at radius 2 is 1.76 bits per heavy atom. The molecule has 4 rings (SSSR count). The first-order chi connectivity index (χ1) is 17.6. The predicted octanol–water partition coefficient (Wildman–Crippen LogP) is 3.52. The Morgan fingerprint density at radius 3 is 2.43 bits per heavy atom. The summed E-state index contributed by atoms with van der Waals surface area (Å²) in [7, 11) is 0. The van der Waals surface area contributed by atoms with Crippen LogP contribution in [0.3, 0.4) is 0 Å². The monoisotopic (exact) mass is 514 g/mol. The van der Waals surface area contributed by atoms with Crippen molar-refractivity contribution in [3.05, 3.63) is 65.0 Å². The number of Topliss-reactive ketones (excluding diaryl/α,β-unsaturated/α-hetero) is 1. The Bertz CT molecular complexity index is 1150. The molecule has 0 aliphatic carbocycles. The van der Waals surface area contributed by atoms with E-state index in [4.69, 9.17) is 18.9 Å². The van der Waals surface area contributed by atoms with E-state index in [1.165, 1.54) is 31.2 Å². The summed E-state index contributed by atoms with van der Waals surface area (Å²) in [5.41, 5.74) is 0.0553. The molecule has 198 valence electrons. The first kappa shape index (κ1) is 26.6. The lowest BCUT2D eigenvalue weighted by molar-refractivity contribution is -0.0896. The summed E-state index contributed by atoms with van der Waals surface area (Å²) in [4.78, 5) is 40.0. The fourth-order valence-corrected chi connectivity index (χ4v) is 4.42. The number of hydrogen-bond donors (Lipinski definition) is 1. The first-order valence-electron chi connectivity index (χ1n) is 12.2. The van der Waals surface area contributed by atoms with Crippen molar-refractivity contribution >= 4 is 17.8 Å². The second-order valence-corrected chi connectivity index (χ2v) is 9.56. The van der Waals surface area contributed by atoms with Gasteiger partial charge in [0.25, 0.3) is 5.91 Å². The number of nitrogens with zero attached hydrogens (tertiary/aromatic N) is 1. The van der Waals surface area contributed by atoms with E-state index < -0.39 is 35.6 Å². The molecule has 10 heteroatoms. The summed E-state index contributed by atoms with van der Waals surface area (Å²) >= 11 is 0. The maximum Gasteiger partial charge on any atom is 0.508 e. The number of carbonyl (C=O) groups is 3. The van der Waals surface area contributed by atoms with E-state index in [2.05, 4.69) is 10.2 Å². The highest BCUT2D eigenvalue weighted by atomic mass is 19.1. The van der Waals surface area contributed by atoms with Crippen molar-refractivity contribution in [2.24, 2.45) is 0 Å². The molecule has 2 aromatic rings. The van der Waals surface area contributed by atoms with Crippen molar-refractivity contribution in [2.45, 2.75) is 38.5 Å². The number of carbonyl (C=O) groups excluding carboxylic acids is 3. The zero-order valence-corrected chi connectivity index (χ0v) is 21.1. The molecule has 9 nitrogen and oxygen atoms in total. The summed E-state index contributed by atoms with van der Waals surface area (Å²) in [5, 5.41) is 2.89. The van der Waals surface area contributed by atoms with Crippen LogP contribution in [0.25, 0.3) is 0 Å². The van der Waals surface area contributed by atoms with Gasteiger partial charge in [0.05, 0.1) is 19.3 Å². The topological polar surface area (TPSA) is 103 Å². The number of nitrogens with one attached hydrogen (secondary N) is 1. The lowest BCUT2D eigenvalue weighted by atomic mass is 9.85. The molecule has 1 amide bonds. The molecule has 2 heterocycles. The van der Waals surface area contributed by atoms with Crippen LogP contribution in [0.2, 0.25) is 0 Å². The highest BCUT2D eigenvalue weighted by molar-refractivity contribution is 5.95. The van der Waals surface area contributed by atoms with Crippen molar-refractivity contribution in [1.29, 1.82) is 0 Å². The minimum atomic E-state index is -1.06. The van der Waals surface area contributed by atoms with Gasteiger partial charge in [-0.1, -0.05) is 0 Å². The quantitative estimate of drug-likeness (QED) is 0.442. The average Bonchev–Trinajstić information content (AvgIpc) is 2.86. The number of rotatable bonds is 7. The lowest BCUT2D eigenvalue weighted by Gasteiger charge is -2.44. The molecule has 2 aliphatic heterocycles. The van der Waals surface area contributed by atoms with Crippen molar-refractivity contribution in [1.82, 2.24) is 10.2 Å². The lowest BCUT2D eigenvalue weighted by Crippen LogP contribution is -2.55. The first-order valence-corrected chi connectivity index (χ1v) is 12.2. The third kappa shape index (κ3) is 6.44. The number of ketones is 1. The number of amides is 1. The number of benzene rings is 2. The van der Waals surface area contributed by atoms with Gasteiger partial charge in [0, 0.05) is 36.3 Å². The predicted molar refractivity (Wildman–Crippen MR) is 131 cm³/mol. The normalized spacial score (nSPS) is 20.8. The van der Waals surface area contributed by atoms with E-state index in [0.29, 0.717) is 36.6 Å². The molecule has 0 bridgehead atoms. The molecule has 0 aromatic heterocycles. The molecule has 0 spiro atoms. The van der Waals surface area contributed by atoms with Crippen molar-refractivity contribution in [2.75, 3.05) is 39.5 Å².